The average molecular weight is 658 g/mol. The molecule has 6 rings (SSSR count). The van der Waals surface area contributed by atoms with Crippen LogP contribution in [0.1, 0.15) is 59.7 Å². The first-order valence-corrected chi connectivity index (χ1v) is 15.5. The Morgan fingerprint density at radius 3 is 2.21 bits per heavy atom. The van der Waals surface area contributed by atoms with Crippen molar-refractivity contribution in [2.75, 3.05) is 21.3 Å². The second-order valence-electron chi connectivity index (χ2n) is 12.9. The first kappa shape index (κ1) is 32.9. The Bertz CT molecular complexity index is 1810. The number of fused-ring (bicyclic) bond motifs is 3. The van der Waals surface area contributed by atoms with Crippen LogP contribution in [0.15, 0.2) is 83.3 Å². The SMILES string of the molecule is COc1ccc(C23Oc4cc(OC)cc(OC)c4C2(O)C(O)C(C(=O)c2ccc(CNC(=O)OC(C)(C)C)o2)C3c2ccccc2)cc1. The molecule has 11 nitrogen and oxygen atoms in total. The lowest BCUT2D eigenvalue weighted by molar-refractivity contribution is -0.151. The Morgan fingerprint density at radius 1 is 0.896 bits per heavy atom. The van der Waals surface area contributed by atoms with Gasteiger partial charge in [-0.3, -0.25) is 4.79 Å². The molecule has 5 unspecified atom stereocenters. The third kappa shape index (κ3) is 5.23. The number of nitrogens with one attached hydrogen (secondary N) is 1. The number of carbonyl (C=O) groups is 2. The van der Waals surface area contributed by atoms with Gasteiger partial charge < -0.3 is 43.6 Å². The van der Waals surface area contributed by atoms with Gasteiger partial charge in [0.25, 0.3) is 0 Å². The van der Waals surface area contributed by atoms with Crippen LogP contribution in [-0.4, -0.2) is 55.1 Å². The molecule has 0 bridgehead atoms. The number of carbonyl (C=O) groups excluding carboxylic acids is 2. The summed E-state index contributed by atoms with van der Waals surface area (Å²) in [4.78, 5) is 26.8. The molecule has 3 aromatic carbocycles. The van der Waals surface area contributed by atoms with E-state index >= 15 is 0 Å². The number of benzene rings is 3. The van der Waals surface area contributed by atoms with E-state index in [0.717, 1.165) is 0 Å². The fraction of sp³-hybridized carbons (Fsp3) is 0.351. The number of aliphatic hydroxyl groups is 2. The molecular formula is C37H39NO10. The lowest BCUT2D eigenvalue weighted by Gasteiger charge is -2.40. The molecule has 1 aliphatic carbocycles. The summed E-state index contributed by atoms with van der Waals surface area (Å²) in [5.74, 6) is -1.09. The Hall–Kier alpha value is -5.00. The Balaban J connectivity index is 1.50. The molecule has 1 saturated carbocycles. The molecule has 0 spiro atoms. The maximum absolute atomic E-state index is 14.6. The van der Waals surface area contributed by atoms with Gasteiger partial charge in [0.1, 0.15) is 40.5 Å². The van der Waals surface area contributed by atoms with E-state index in [4.69, 9.17) is 28.1 Å². The van der Waals surface area contributed by atoms with Gasteiger partial charge in [0, 0.05) is 18.1 Å². The zero-order valence-corrected chi connectivity index (χ0v) is 27.6. The molecule has 1 amide bonds. The number of furan rings is 1. The second kappa shape index (κ2) is 12.2. The highest BCUT2D eigenvalue weighted by Crippen LogP contribution is 2.70. The maximum Gasteiger partial charge on any atom is 0.408 e. The Kier molecular flexibility index (Phi) is 8.38. The van der Waals surface area contributed by atoms with Crippen LogP contribution in [0.25, 0.3) is 0 Å². The van der Waals surface area contributed by atoms with Gasteiger partial charge in [-0.1, -0.05) is 42.5 Å². The highest BCUT2D eigenvalue weighted by atomic mass is 16.6. The van der Waals surface area contributed by atoms with E-state index in [2.05, 4.69) is 5.32 Å². The monoisotopic (exact) mass is 657 g/mol. The van der Waals surface area contributed by atoms with Gasteiger partial charge in [-0.2, -0.15) is 0 Å². The quantitative estimate of drug-likeness (QED) is 0.198. The van der Waals surface area contributed by atoms with Gasteiger partial charge in [-0.05, 0) is 56.2 Å². The second-order valence-corrected chi connectivity index (χ2v) is 12.9. The van der Waals surface area contributed by atoms with Gasteiger partial charge in [-0.25, -0.2) is 4.79 Å². The lowest BCUT2D eigenvalue weighted by Crippen LogP contribution is -2.52. The largest absolute Gasteiger partial charge is 0.497 e. The van der Waals surface area contributed by atoms with Crippen LogP contribution in [0.3, 0.4) is 0 Å². The standard InChI is InChI=1S/C37H39NO10/c1-35(2,3)48-34(41)38-20-24-16-17-26(46-24)32(39)29-30(21-10-8-7-9-11-21)37(22-12-14-23(43-4)15-13-22)36(42,33(29)40)31-27(45-6)18-25(44-5)19-28(31)47-37/h7-19,29-30,33,40,42H,20H2,1-6H3,(H,38,41). The third-order valence-corrected chi connectivity index (χ3v) is 8.97. The molecule has 48 heavy (non-hydrogen) atoms. The number of rotatable bonds is 9. The van der Waals surface area contributed by atoms with Crippen LogP contribution >= 0.6 is 0 Å². The molecule has 2 heterocycles. The predicted molar refractivity (Wildman–Crippen MR) is 174 cm³/mol. The van der Waals surface area contributed by atoms with Crippen molar-refractivity contribution in [3.8, 4) is 23.0 Å². The van der Waals surface area contributed by atoms with Crippen LogP contribution in [-0.2, 0) is 22.5 Å². The summed E-state index contributed by atoms with van der Waals surface area (Å²) in [6.45, 7) is 5.22. The van der Waals surface area contributed by atoms with Crippen molar-refractivity contribution in [3.63, 3.8) is 0 Å². The van der Waals surface area contributed by atoms with Crippen LogP contribution in [0.2, 0.25) is 0 Å². The molecule has 0 saturated heterocycles. The zero-order chi connectivity index (χ0) is 34.4. The van der Waals surface area contributed by atoms with E-state index in [1.807, 2.05) is 30.3 Å². The summed E-state index contributed by atoms with van der Waals surface area (Å²) in [6.07, 6.45) is -2.35. The first-order valence-electron chi connectivity index (χ1n) is 15.5. The van der Waals surface area contributed by atoms with Gasteiger partial charge in [-0.15, -0.1) is 0 Å². The van der Waals surface area contributed by atoms with Gasteiger partial charge in [0.2, 0.25) is 5.78 Å². The number of methoxy groups -OCH3 is 3. The van der Waals surface area contributed by atoms with Gasteiger partial charge in [0.15, 0.2) is 17.0 Å². The van der Waals surface area contributed by atoms with Crippen molar-refractivity contribution in [3.05, 3.63) is 107 Å². The number of ether oxygens (including phenoxy) is 5. The molecule has 1 aliphatic heterocycles. The van der Waals surface area contributed by atoms with Crippen LogP contribution in [0.5, 0.6) is 23.0 Å². The van der Waals surface area contributed by atoms with Crippen LogP contribution in [0.4, 0.5) is 4.79 Å². The van der Waals surface area contributed by atoms with Crippen molar-refractivity contribution in [2.45, 2.75) is 56.1 Å². The number of hydrogen-bond donors (Lipinski definition) is 3. The summed E-state index contributed by atoms with van der Waals surface area (Å²) in [6, 6.07) is 22.4. The van der Waals surface area contributed by atoms with Gasteiger partial charge >= 0.3 is 6.09 Å². The highest BCUT2D eigenvalue weighted by molar-refractivity contribution is 5.97. The van der Waals surface area contributed by atoms with E-state index < -0.39 is 46.6 Å². The maximum atomic E-state index is 14.6. The minimum absolute atomic E-state index is 0.0350. The topological polar surface area (TPSA) is 146 Å². The van der Waals surface area contributed by atoms with E-state index in [9.17, 15) is 19.8 Å². The van der Waals surface area contributed by atoms with Crippen molar-refractivity contribution in [1.82, 2.24) is 5.32 Å². The third-order valence-electron chi connectivity index (χ3n) is 8.97. The van der Waals surface area contributed by atoms with Gasteiger partial charge in [0.05, 0.1) is 39.4 Å². The Labute approximate surface area is 278 Å². The smallest absolute Gasteiger partial charge is 0.408 e. The minimum atomic E-state index is -2.21. The molecule has 4 aromatic rings. The number of ketones is 1. The molecular weight excluding hydrogens is 618 g/mol. The number of Topliss-reactive ketones (excluding diaryl/α,β-unsaturated/α-hetero) is 1. The van der Waals surface area contributed by atoms with E-state index in [1.54, 1.807) is 70.3 Å². The summed E-state index contributed by atoms with van der Waals surface area (Å²) in [5, 5.41) is 28.2. The normalized spacial score (nSPS) is 24.2. The zero-order valence-electron chi connectivity index (χ0n) is 27.6. The Morgan fingerprint density at radius 2 is 1.58 bits per heavy atom. The fourth-order valence-electron chi connectivity index (χ4n) is 7.04. The minimum Gasteiger partial charge on any atom is -0.497 e. The van der Waals surface area contributed by atoms with Crippen molar-refractivity contribution in [2.24, 2.45) is 5.92 Å². The summed E-state index contributed by atoms with van der Waals surface area (Å²) >= 11 is 0. The molecule has 3 N–H and O–H groups in total. The van der Waals surface area contributed by atoms with E-state index in [1.165, 1.54) is 20.3 Å². The average Bonchev–Trinajstić information content (AvgIpc) is 3.71. The molecule has 5 atom stereocenters. The summed E-state index contributed by atoms with van der Waals surface area (Å²) in [7, 11) is 4.49. The van der Waals surface area contributed by atoms with Crippen molar-refractivity contribution >= 4 is 11.9 Å². The molecule has 11 heteroatoms. The van der Waals surface area contributed by atoms with Crippen LogP contribution in [0, 0.1) is 5.92 Å². The predicted octanol–water partition coefficient (Wildman–Crippen LogP) is 5.46. The summed E-state index contributed by atoms with van der Waals surface area (Å²) < 4.78 is 34.8. The summed E-state index contributed by atoms with van der Waals surface area (Å²) in [5.41, 5.74) is -3.32. The number of hydrogen-bond acceptors (Lipinski definition) is 10. The first-order chi connectivity index (χ1) is 22.9. The van der Waals surface area contributed by atoms with Crippen LogP contribution < -0.4 is 24.3 Å². The van der Waals surface area contributed by atoms with E-state index in [-0.39, 0.29) is 29.4 Å². The molecule has 2 aliphatic rings. The molecule has 1 fully saturated rings. The molecule has 252 valence electrons. The number of amides is 1. The number of aliphatic hydroxyl groups excluding tert-OH is 1. The molecule has 0 radical (unpaired) electrons. The fourth-order valence-corrected chi connectivity index (χ4v) is 7.04. The molecule has 1 aromatic heterocycles. The number of alkyl carbamates (subject to hydrolysis) is 1. The highest BCUT2D eigenvalue weighted by Gasteiger charge is 2.78. The van der Waals surface area contributed by atoms with Crippen molar-refractivity contribution in [1.29, 1.82) is 0 Å². The van der Waals surface area contributed by atoms with Crippen molar-refractivity contribution < 1.29 is 47.9 Å². The lowest BCUT2D eigenvalue weighted by atomic mass is 9.70. The van der Waals surface area contributed by atoms with E-state index in [0.29, 0.717) is 28.4 Å².